The number of piperidine rings is 1. The van der Waals surface area contributed by atoms with Crippen LogP contribution in [-0.2, 0) is 0 Å². The highest BCUT2D eigenvalue weighted by Gasteiger charge is 2.33. The Bertz CT molecular complexity index is 548. The third-order valence-corrected chi connectivity index (χ3v) is 4.56. The fourth-order valence-corrected chi connectivity index (χ4v) is 3.35. The number of nitriles is 2. The normalized spacial score (nSPS) is 22.8. The Balaban J connectivity index is 2.43. The van der Waals surface area contributed by atoms with Crippen LogP contribution in [0.1, 0.15) is 46.5 Å². The molecule has 0 amide bonds. The van der Waals surface area contributed by atoms with Crippen LogP contribution in [0, 0.1) is 28.1 Å². The second kappa shape index (κ2) is 5.92. The van der Waals surface area contributed by atoms with E-state index >= 15 is 0 Å². The molecule has 2 rings (SSSR count). The molecule has 2 aliphatic rings. The number of aliphatic hydroxyl groups is 1. The van der Waals surface area contributed by atoms with Crippen molar-refractivity contribution < 1.29 is 5.11 Å². The Morgan fingerprint density at radius 3 is 2.29 bits per heavy atom. The van der Waals surface area contributed by atoms with Crippen molar-refractivity contribution in [1.82, 2.24) is 4.90 Å². The molecule has 112 valence electrons. The lowest BCUT2D eigenvalue weighted by Crippen LogP contribution is -2.38. The van der Waals surface area contributed by atoms with Crippen LogP contribution in [0.2, 0.25) is 0 Å². The Labute approximate surface area is 127 Å². The lowest BCUT2D eigenvalue weighted by Gasteiger charge is -2.42. The molecule has 1 aliphatic carbocycles. The minimum atomic E-state index is -0.192. The van der Waals surface area contributed by atoms with Gasteiger partial charge in [-0.15, -0.1) is 0 Å². The molecule has 1 N–H and O–H groups in total. The van der Waals surface area contributed by atoms with Gasteiger partial charge < -0.3 is 10.0 Å². The molecular formula is C17H23N3O. The molecule has 0 spiro atoms. The third-order valence-electron chi connectivity index (χ3n) is 4.56. The van der Waals surface area contributed by atoms with Gasteiger partial charge in [0.2, 0.25) is 0 Å². The van der Waals surface area contributed by atoms with E-state index in [-0.39, 0.29) is 17.1 Å². The van der Waals surface area contributed by atoms with E-state index in [1.807, 2.05) is 19.1 Å². The molecule has 21 heavy (non-hydrogen) atoms. The quantitative estimate of drug-likeness (QED) is 0.752. The monoisotopic (exact) mass is 285 g/mol. The summed E-state index contributed by atoms with van der Waals surface area (Å²) in [6, 6.07) is 4.09. The van der Waals surface area contributed by atoms with Gasteiger partial charge in [0.25, 0.3) is 0 Å². The zero-order valence-corrected chi connectivity index (χ0v) is 13.1. The molecule has 0 bridgehead atoms. The molecule has 1 heterocycles. The van der Waals surface area contributed by atoms with E-state index in [1.54, 1.807) is 0 Å². The molecular weight excluding hydrogens is 262 g/mol. The molecule has 0 aromatic carbocycles. The summed E-state index contributed by atoms with van der Waals surface area (Å²) in [5.41, 5.74) is 3.53. The lowest BCUT2D eigenvalue weighted by molar-refractivity contribution is 0.0911. The van der Waals surface area contributed by atoms with Gasteiger partial charge in [-0.1, -0.05) is 13.8 Å². The van der Waals surface area contributed by atoms with Gasteiger partial charge >= 0.3 is 0 Å². The van der Waals surface area contributed by atoms with Crippen molar-refractivity contribution in [2.45, 2.75) is 52.6 Å². The van der Waals surface area contributed by atoms with E-state index in [0.29, 0.717) is 0 Å². The Hall–Kier alpha value is -1.78. The minimum Gasteiger partial charge on any atom is -0.393 e. The molecule has 0 unspecified atom stereocenters. The van der Waals surface area contributed by atoms with Gasteiger partial charge in [-0.05, 0) is 49.2 Å². The summed E-state index contributed by atoms with van der Waals surface area (Å²) in [6.45, 7) is 8.10. The van der Waals surface area contributed by atoms with Crippen molar-refractivity contribution >= 4 is 0 Å². The SMILES string of the molecule is CC1=C(N2CCC(O)CC2)CC(C)(C)CC1=C(C#N)C#N. The first kappa shape index (κ1) is 15.6. The molecule has 1 fully saturated rings. The van der Waals surface area contributed by atoms with Crippen molar-refractivity contribution in [2.24, 2.45) is 5.41 Å². The van der Waals surface area contributed by atoms with Crippen molar-refractivity contribution in [3.63, 3.8) is 0 Å². The first-order valence-electron chi connectivity index (χ1n) is 7.54. The van der Waals surface area contributed by atoms with Gasteiger partial charge in [0.1, 0.15) is 17.7 Å². The van der Waals surface area contributed by atoms with Crippen LogP contribution in [0.3, 0.4) is 0 Å². The van der Waals surface area contributed by atoms with E-state index in [1.165, 1.54) is 5.70 Å². The summed E-state index contributed by atoms with van der Waals surface area (Å²) in [6.07, 6.45) is 3.12. The van der Waals surface area contributed by atoms with Crippen LogP contribution >= 0.6 is 0 Å². The number of likely N-dealkylation sites (tertiary alicyclic amines) is 1. The second-order valence-electron chi connectivity index (χ2n) is 6.88. The summed E-state index contributed by atoms with van der Waals surface area (Å²) < 4.78 is 0. The van der Waals surface area contributed by atoms with Gasteiger partial charge in [0.15, 0.2) is 0 Å². The Morgan fingerprint density at radius 1 is 1.19 bits per heavy atom. The molecule has 0 atom stereocenters. The molecule has 4 heteroatoms. The van der Waals surface area contributed by atoms with Crippen molar-refractivity contribution in [3.8, 4) is 12.1 Å². The number of hydrogen-bond acceptors (Lipinski definition) is 4. The Morgan fingerprint density at radius 2 is 1.76 bits per heavy atom. The van der Waals surface area contributed by atoms with Crippen LogP contribution in [0.5, 0.6) is 0 Å². The largest absolute Gasteiger partial charge is 0.393 e. The van der Waals surface area contributed by atoms with E-state index < -0.39 is 0 Å². The highest BCUT2D eigenvalue weighted by atomic mass is 16.3. The van der Waals surface area contributed by atoms with Gasteiger partial charge in [-0.2, -0.15) is 10.5 Å². The first-order valence-corrected chi connectivity index (χ1v) is 7.54. The minimum absolute atomic E-state index is 0.0548. The average Bonchev–Trinajstić information content (AvgIpc) is 2.44. The molecule has 0 saturated carbocycles. The van der Waals surface area contributed by atoms with Crippen LogP contribution in [0.15, 0.2) is 22.4 Å². The van der Waals surface area contributed by atoms with Crippen LogP contribution < -0.4 is 0 Å². The van der Waals surface area contributed by atoms with E-state index in [0.717, 1.165) is 49.9 Å². The maximum absolute atomic E-state index is 9.67. The topological polar surface area (TPSA) is 71.0 Å². The van der Waals surface area contributed by atoms with Crippen LogP contribution in [-0.4, -0.2) is 29.2 Å². The third kappa shape index (κ3) is 3.28. The lowest BCUT2D eigenvalue weighted by atomic mass is 9.72. The average molecular weight is 285 g/mol. The van der Waals surface area contributed by atoms with E-state index in [4.69, 9.17) is 0 Å². The second-order valence-corrected chi connectivity index (χ2v) is 6.88. The highest BCUT2D eigenvalue weighted by Crippen LogP contribution is 2.44. The van der Waals surface area contributed by atoms with Crippen LogP contribution in [0.4, 0.5) is 0 Å². The smallest absolute Gasteiger partial charge is 0.133 e. The molecule has 0 aromatic rings. The zero-order chi connectivity index (χ0) is 15.6. The summed E-state index contributed by atoms with van der Waals surface area (Å²) >= 11 is 0. The predicted octanol–water partition coefficient (Wildman–Crippen LogP) is 2.88. The summed E-state index contributed by atoms with van der Waals surface area (Å²) in [4.78, 5) is 2.33. The number of hydrogen-bond donors (Lipinski definition) is 1. The number of aliphatic hydroxyl groups excluding tert-OH is 1. The maximum atomic E-state index is 9.67. The van der Waals surface area contributed by atoms with Crippen molar-refractivity contribution in [2.75, 3.05) is 13.1 Å². The predicted molar refractivity (Wildman–Crippen MR) is 80.8 cm³/mol. The maximum Gasteiger partial charge on any atom is 0.133 e. The summed E-state index contributed by atoms with van der Waals surface area (Å²) in [7, 11) is 0. The van der Waals surface area contributed by atoms with Crippen molar-refractivity contribution in [1.29, 1.82) is 10.5 Å². The van der Waals surface area contributed by atoms with Crippen molar-refractivity contribution in [3.05, 3.63) is 22.4 Å². The fourth-order valence-electron chi connectivity index (χ4n) is 3.35. The number of nitrogens with zero attached hydrogens (tertiary/aromatic N) is 3. The van der Waals surface area contributed by atoms with E-state index in [2.05, 4.69) is 18.7 Å². The Kier molecular flexibility index (Phi) is 4.40. The number of allylic oxidation sites excluding steroid dienone is 4. The molecule has 0 aromatic heterocycles. The summed E-state index contributed by atoms with van der Waals surface area (Å²) in [5.74, 6) is 0. The molecule has 0 radical (unpaired) electrons. The zero-order valence-electron chi connectivity index (χ0n) is 13.1. The molecule has 1 saturated heterocycles. The number of rotatable bonds is 1. The van der Waals surface area contributed by atoms with Gasteiger partial charge in [0.05, 0.1) is 6.10 Å². The van der Waals surface area contributed by atoms with Gasteiger partial charge in [-0.3, -0.25) is 0 Å². The highest BCUT2D eigenvalue weighted by molar-refractivity contribution is 5.51. The first-order chi connectivity index (χ1) is 9.88. The molecule has 1 aliphatic heterocycles. The summed E-state index contributed by atoms with van der Waals surface area (Å²) in [5, 5.41) is 28.1. The van der Waals surface area contributed by atoms with Gasteiger partial charge in [0, 0.05) is 18.8 Å². The van der Waals surface area contributed by atoms with Gasteiger partial charge in [-0.25, -0.2) is 0 Å². The fraction of sp³-hybridized carbons (Fsp3) is 0.647. The van der Waals surface area contributed by atoms with E-state index in [9.17, 15) is 15.6 Å². The van der Waals surface area contributed by atoms with Crippen LogP contribution in [0.25, 0.3) is 0 Å². The molecule has 4 nitrogen and oxygen atoms in total. The standard InChI is InChI=1S/C17H23N3O/c1-12-15(13(10-18)11-19)8-17(2,3)9-16(12)20-6-4-14(21)5-7-20/h14,21H,4-9H2,1-3H3.